The predicted octanol–water partition coefficient (Wildman–Crippen LogP) is 2.51. The summed E-state index contributed by atoms with van der Waals surface area (Å²) in [6, 6.07) is 13.5. The van der Waals surface area contributed by atoms with E-state index in [1.165, 1.54) is 19.3 Å². The molecule has 28 heavy (non-hydrogen) atoms. The molecule has 2 aromatic heterocycles. The van der Waals surface area contributed by atoms with Crippen LogP contribution in [0.25, 0.3) is 5.69 Å². The Hall–Kier alpha value is -3.86. The third-order valence-corrected chi connectivity index (χ3v) is 4.07. The Morgan fingerprint density at radius 2 is 2.04 bits per heavy atom. The van der Waals surface area contributed by atoms with Crippen molar-refractivity contribution in [3.05, 3.63) is 71.4 Å². The van der Waals surface area contributed by atoms with Crippen LogP contribution in [0, 0.1) is 18.3 Å². The van der Waals surface area contributed by atoms with Gasteiger partial charge < -0.3 is 14.5 Å². The van der Waals surface area contributed by atoms with Gasteiger partial charge in [0.25, 0.3) is 5.91 Å². The Morgan fingerprint density at radius 1 is 1.29 bits per heavy atom. The molecule has 3 aromatic rings. The second-order valence-electron chi connectivity index (χ2n) is 6.05. The minimum Gasteiger partial charge on any atom is -0.459 e. The molecule has 1 atom stereocenters. The van der Waals surface area contributed by atoms with Crippen LogP contribution in [0.1, 0.15) is 34.4 Å². The largest absolute Gasteiger partial charge is 0.459 e. The zero-order valence-electron chi connectivity index (χ0n) is 15.4. The van der Waals surface area contributed by atoms with Crippen molar-refractivity contribution in [2.75, 3.05) is 0 Å². The zero-order chi connectivity index (χ0) is 20.1. The van der Waals surface area contributed by atoms with Crippen LogP contribution in [0.2, 0.25) is 0 Å². The molecule has 1 N–H and O–H groups in total. The number of rotatable bonds is 6. The number of hydrogen-bond acceptors (Lipinski definition) is 6. The lowest BCUT2D eigenvalue weighted by molar-refractivity contribution is -0.146. The molecule has 8 heteroatoms. The van der Waals surface area contributed by atoms with Crippen LogP contribution in [0.5, 0.6) is 0 Å². The monoisotopic (exact) mass is 378 g/mol. The highest BCUT2D eigenvalue weighted by Crippen LogP contribution is 2.19. The number of nitrogens with zero attached hydrogens (tertiary/aromatic N) is 3. The summed E-state index contributed by atoms with van der Waals surface area (Å²) < 4.78 is 11.9. The van der Waals surface area contributed by atoms with Crippen molar-refractivity contribution < 1.29 is 18.7 Å². The average molecular weight is 378 g/mol. The second-order valence-corrected chi connectivity index (χ2v) is 6.05. The van der Waals surface area contributed by atoms with Crippen molar-refractivity contribution in [2.45, 2.75) is 26.5 Å². The number of aryl methyl sites for hydroxylation is 1. The van der Waals surface area contributed by atoms with Crippen molar-refractivity contribution >= 4 is 11.9 Å². The number of nitriles is 1. The highest BCUT2D eigenvalue weighted by atomic mass is 16.5. The quantitative estimate of drug-likeness (QED) is 0.660. The minimum absolute atomic E-state index is 0.101. The van der Waals surface area contributed by atoms with Gasteiger partial charge in [-0.3, -0.25) is 4.79 Å². The van der Waals surface area contributed by atoms with Crippen molar-refractivity contribution in [3.63, 3.8) is 0 Å². The van der Waals surface area contributed by atoms with E-state index in [2.05, 4.69) is 16.5 Å². The summed E-state index contributed by atoms with van der Waals surface area (Å²) in [5.41, 5.74) is 2.10. The molecule has 0 saturated carbocycles. The van der Waals surface area contributed by atoms with Gasteiger partial charge in [0.05, 0.1) is 23.3 Å². The van der Waals surface area contributed by atoms with E-state index >= 15 is 0 Å². The molecule has 0 saturated heterocycles. The maximum Gasteiger partial charge on any atom is 0.328 e. The maximum absolute atomic E-state index is 12.3. The molecule has 1 unspecified atom stereocenters. The molecule has 0 fully saturated rings. The van der Waals surface area contributed by atoms with Crippen LogP contribution < -0.4 is 5.32 Å². The third kappa shape index (κ3) is 3.94. The Kier molecular flexibility index (Phi) is 5.56. The van der Waals surface area contributed by atoms with E-state index in [0.717, 1.165) is 5.69 Å². The zero-order valence-corrected chi connectivity index (χ0v) is 15.4. The molecule has 8 nitrogen and oxygen atoms in total. The van der Waals surface area contributed by atoms with Gasteiger partial charge in [0.1, 0.15) is 24.3 Å². The number of benzene rings is 1. The molecular formula is C20H18N4O4. The number of carbonyl (C=O) groups is 2. The van der Waals surface area contributed by atoms with Crippen LogP contribution >= 0.6 is 0 Å². The maximum atomic E-state index is 12.3. The second kappa shape index (κ2) is 8.22. The Balaban J connectivity index is 1.72. The van der Waals surface area contributed by atoms with Gasteiger partial charge in [-0.2, -0.15) is 10.4 Å². The first kappa shape index (κ1) is 18.9. The van der Waals surface area contributed by atoms with E-state index in [1.54, 1.807) is 17.7 Å². The molecule has 0 aliphatic heterocycles. The van der Waals surface area contributed by atoms with Crippen LogP contribution in [0.15, 0.2) is 53.1 Å². The summed E-state index contributed by atoms with van der Waals surface area (Å²) in [6.45, 7) is 3.07. The third-order valence-electron chi connectivity index (χ3n) is 4.07. The highest BCUT2D eigenvalue weighted by Gasteiger charge is 2.22. The SMILES string of the molecule is Cc1nn(-c2ccccc2)c(COC(=O)C(C)NC(=O)c2ccco2)c1C#N. The lowest BCUT2D eigenvalue weighted by Gasteiger charge is -2.13. The van der Waals surface area contributed by atoms with E-state index in [4.69, 9.17) is 9.15 Å². The summed E-state index contributed by atoms with van der Waals surface area (Å²) in [5.74, 6) is -1.05. The van der Waals surface area contributed by atoms with Gasteiger partial charge in [0.15, 0.2) is 5.76 Å². The summed E-state index contributed by atoms with van der Waals surface area (Å²) in [7, 11) is 0. The molecule has 0 bridgehead atoms. The number of para-hydroxylation sites is 1. The van der Waals surface area contributed by atoms with E-state index in [1.807, 2.05) is 30.3 Å². The van der Waals surface area contributed by atoms with Crippen molar-refractivity contribution in [1.29, 1.82) is 5.26 Å². The van der Waals surface area contributed by atoms with Gasteiger partial charge in [-0.15, -0.1) is 0 Å². The van der Waals surface area contributed by atoms with E-state index in [-0.39, 0.29) is 12.4 Å². The van der Waals surface area contributed by atoms with Crippen LogP contribution in [0.3, 0.4) is 0 Å². The fourth-order valence-electron chi connectivity index (χ4n) is 2.64. The van der Waals surface area contributed by atoms with Crippen molar-refractivity contribution in [2.24, 2.45) is 0 Å². The number of amides is 1. The van der Waals surface area contributed by atoms with Gasteiger partial charge in [-0.05, 0) is 38.1 Å². The molecule has 3 rings (SSSR count). The lowest BCUT2D eigenvalue weighted by Crippen LogP contribution is -2.39. The molecule has 1 amide bonds. The first-order chi connectivity index (χ1) is 13.5. The highest BCUT2D eigenvalue weighted by molar-refractivity contribution is 5.94. The predicted molar refractivity (Wildman–Crippen MR) is 98.4 cm³/mol. The van der Waals surface area contributed by atoms with Crippen molar-refractivity contribution in [3.8, 4) is 11.8 Å². The lowest BCUT2D eigenvalue weighted by atomic mass is 10.2. The van der Waals surface area contributed by atoms with Crippen LogP contribution in [-0.4, -0.2) is 27.7 Å². The molecule has 142 valence electrons. The van der Waals surface area contributed by atoms with Crippen LogP contribution in [-0.2, 0) is 16.1 Å². The fourth-order valence-corrected chi connectivity index (χ4v) is 2.64. The molecule has 1 aromatic carbocycles. The number of furan rings is 1. The summed E-state index contributed by atoms with van der Waals surface area (Å²) in [5, 5.41) is 16.3. The summed E-state index contributed by atoms with van der Waals surface area (Å²) in [6.07, 6.45) is 1.37. The van der Waals surface area contributed by atoms with E-state index in [9.17, 15) is 14.9 Å². The first-order valence-electron chi connectivity index (χ1n) is 8.56. The summed E-state index contributed by atoms with van der Waals surface area (Å²) >= 11 is 0. The Morgan fingerprint density at radius 3 is 2.68 bits per heavy atom. The van der Waals surface area contributed by atoms with E-state index < -0.39 is 17.9 Å². The molecule has 0 radical (unpaired) electrons. The minimum atomic E-state index is -0.891. The number of esters is 1. The van der Waals surface area contributed by atoms with Gasteiger partial charge in [0.2, 0.25) is 0 Å². The number of ether oxygens (including phenoxy) is 1. The summed E-state index contributed by atoms with van der Waals surface area (Å²) in [4.78, 5) is 24.3. The topological polar surface area (TPSA) is 110 Å². The number of hydrogen-bond donors (Lipinski definition) is 1. The molecule has 0 aliphatic carbocycles. The van der Waals surface area contributed by atoms with E-state index in [0.29, 0.717) is 17.0 Å². The normalized spacial score (nSPS) is 11.5. The smallest absolute Gasteiger partial charge is 0.328 e. The van der Waals surface area contributed by atoms with Crippen LogP contribution in [0.4, 0.5) is 0 Å². The van der Waals surface area contributed by atoms with Gasteiger partial charge in [0, 0.05) is 0 Å². The number of nitrogens with one attached hydrogen (secondary N) is 1. The standard InChI is InChI=1S/C20H18N4O4/c1-13-16(11-21)17(24(23-13)15-7-4-3-5-8-15)12-28-20(26)14(2)22-19(25)18-9-6-10-27-18/h3-10,14H,12H2,1-2H3,(H,22,25). The fraction of sp³-hybridized carbons (Fsp3) is 0.200. The van der Waals surface area contributed by atoms with Crippen molar-refractivity contribution in [1.82, 2.24) is 15.1 Å². The van der Waals surface area contributed by atoms with Gasteiger partial charge in [-0.25, -0.2) is 9.48 Å². The molecule has 0 aliphatic rings. The number of aromatic nitrogens is 2. The molecule has 2 heterocycles. The average Bonchev–Trinajstić information content (AvgIpc) is 3.34. The Bertz CT molecular complexity index is 1020. The van der Waals surface area contributed by atoms with Gasteiger partial charge >= 0.3 is 5.97 Å². The Labute approximate surface area is 161 Å². The molecule has 0 spiro atoms. The molecular weight excluding hydrogens is 360 g/mol. The first-order valence-corrected chi connectivity index (χ1v) is 8.56. The number of carbonyl (C=O) groups excluding carboxylic acids is 2. The van der Waals surface area contributed by atoms with Gasteiger partial charge in [-0.1, -0.05) is 18.2 Å².